The Hall–Kier alpha value is -1.15. The summed E-state index contributed by atoms with van der Waals surface area (Å²) in [5.41, 5.74) is 0. The van der Waals surface area contributed by atoms with Gasteiger partial charge in [0, 0.05) is 13.6 Å². The molecule has 1 N–H and O–H groups in total. The summed E-state index contributed by atoms with van der Waals surface area (Å²) in [6.45, 7) is 3.06. The predicted molar refractivity (Wildman–Crippen MR) is 69.3 cm³/mol. The van der Waals surface area contributed by atoms with E-state index in [-0.39, 0.29) is 0 Å². The van der Waals surface area contributed by atoms with Gasteiger partial charge in [0.2, 0.25) is 5.13 Å². The molecule has 0 aliphatic heterocycles. The molecule has 0 atom stereocenters. The van der Waals surface area contributed by atoms with Crippen LogP contribution in [0.2, 0.25) is 0 Å². The summed E-state index contributed by atoms with van der Waals surface area (Å²) < 4.78 is 1.75. The highest BCUT2D eigenvalue weighted by atomic mass is 32.2. The molecule has 92 valence electrons. The van der Waals surface area contributed by atoms with Crippen molar-refractivity contribution < 1.29 is 0 Å². The van der Waals surface area contributed by atoms with Crippen LogP contribution < -0.4 is 5.32 Å². The Morgan fingerprint density at radius 3 is 3.06 bits per heavy atom. The van der Waals surface area contributed by atoms with E-state index >= 15 is 0 Å². The van der Waals surface area contributed by atoms with E-state index < -0.39 is 0 Å². The zero-order valence-electron chi connectivity index (χ0n) is 9.75. The number of rotatable bonds is 6. The summed E-state index contributed by atoms with van der Waals surface area (Å²) >= 11 is 3.20. The van der Waals surface area contributed by atoms with E-state index in [0.29, 0.717) is 0 Å². The minimum absolute atomic E-state index is 0.776. The Labute approximate surface area is 108 Å². The molecule has 2 rings (SSSR count). The summed E-state index contributed by atoms with van der Waals surface area (Å²) in [6.07, 6.45) is 2.64. The summed E-state index contributed by atoms with van der Waals surface area (Å²) in [7, 11) is 1.88. The van der Waals surface area contributed by atoms with Gasteiger partial charge in [0.1, 0.15) is 11.3 Å². The maximum Gasteiger partial charge on any atom is 0.205 e. The number of hydrogen-bond acceptors (Lipinski definition) is 7. The van der Waals surface area contributed by atoms with Crippen LogP contribution in [-0.4, -0.2) is 31.5 Å². The Morgan fingerprint density at radius 1 is 1.47 bits per heavy atom. The molecule has 17 heavy (non-hydrogen) atoms. The lowest BCUT2D eigenvalue weighted by atomic mass is 10.5. The number of hydrogen-bond donors (Lipinski definition) is 1. The van der Waals surface area contributed by atoms with Gasteiger partial charge in [-0.2, -0.15) is 5.10 Å². The van der Waals surface area contributed by atoms with E-state index in [9.17, 15) is 0 Å². The molecule has 0 spiro atoms. The molecule has 0 unspecified atom stereocenters. The highest BCUT2D eigenvalue weighted by Gasteiger charge is 2.06. The Bertz CT molecular complexity index is 466. The number of aromatic nitrogens is 5. The van der Waals surface area contributed by atoms with E-state index in [1.54, 1.807) is 34.1 Å². The standard InChI is InChI=1S/C9H14N6S2/c1-3-4-10-8-14-13-7(17-8)5-16-9-11-6-12-15(9)2/h6H,3-5H2,1-2H3,(H,10,14). The van der Waals surface area contributed by atoms with Gasteiger partial charge in [-0.1, -0.05) is 30.0 Å². The first-order chi connectivity index (χ1) is 8.29. The van der Waals surface area contributed by atoms with Crippen molar-refractivity contribution in [2.45, 2.75) is 24.3 Å². The molecule has 0 fully saturated rings. The normalized spacial score (nSPS) is 10.7. The average molecular weight is 270 g/mol. The Balaban J connectivity index is 1.87. The van der Waals surface area contributed by atoms with E-state index in [1.165, 1.54) is 0 Å². The third kappa shape index (κ3) is 3.40. The van der Waals surface area contributed by atoms with Crippen LogP contribution in [0, 0.1) is 0 Å². The molecule has 0 aliphatic carbocycles. The SMILES string of the molecule is CCCNc1nnc(CSc2ncnn2C)s1. The van der Waals surface area contributed by atoms with Gasteiger partial charge in [0.05, 0.1) is 5.75 Å². The third-order valence-electron chi connectivity index (χ3n) is 1.99. The summed E-state index contributed by atoms with van der Waals surface area (Å²) in [5, 5.41) is 18.2. The quantitative estimate of drug-likeness (QED) is 0.807. The van der Waals surface area contributed by atoms with Crippen molar-refractivity contribution in [3.05, 3.63) is 11.3 Å². The number of nitrogens with one attached hydrogen (secondary N) is 1. The van der Waals surface area contributed by atoms with E-state index in [1.807, 2.05) is 7.05 Å². The maximum absolute atomic E-state index is 4.14. The molecule has 0 aromatic carbocycles. The van der Waals surface area contributed by atoms with Gasteiger partial charge in [-0.3, -0.25) is 0 Å². The fourth-order valence-electron chi connectivity index (χ4n) is 1.16. The second-order valence-electron chi connectivity index (χ2n) is 3.38. The second kappa shape index (κ2) is 5.97. The van der Waals surface area contributed by atoms with Gasteiger partial charge < -0.3 is 5.32 Å². The minimum atomic E-state index is 0.776. The van der Waals surface area contributed by atoms with Crippen LogP contribution in [0.25, 0.3) is 0 Å². The van der Waals surface area contributed by atoms with Crippen molar-refractivity contribution >= 4 is 28.2 Å². The lowest BCUT2D eigenvalue weighted by Gasteiger charge is -1.97. The van der Waals surface area contributed by atoms with E-state index in [2.05, 4.69) is 32.5 Å². The number of nitrogens with zero attached hydrogens (tertiary/aromatic N) is 5. The van der Waals surface area contributed by atoms with Crippen LogP contribution >= 0.6 is 23.1 Å². The van der Waals surface area contributed by atoms with E-state index in [0.717, 1.165) is 34.0 Å². The first-order valence-electron chi connectivity index (χ1n) is 5.32. The average Bonchev–Trinajstić information content (AvgIpc) is 2.93. The van der Waals surface area contributed by atoms with Crippen LogP contribution in [-0.2, 0) is 12.8 Å². The first kappa shape index (κ1) is 12.3. The molecule has 0 radical (unpaired) electrons. The number of thioether (sulfide) groups is 1. The van der Waals surface area contributed by atoms with Crippen LogP contribution in [0.3, 0.4) is 0 Å². The lowest BCUT2D eigenvalue weighted by molar-refractivity contribution is 0.685. The molecular formula is C9H14N6S2. The van der Waals surface area contributed by atoms with Gasteiger partial charge in [0.15, 0.2) is 5.16 Å². The van der Waals surface area contributed by atoms with Crippen LogP contribution in [0.1, 0.15) is 18.4 Å². The third-order valence-corrected chi connectivity index (χ3v) is 4.10. The summed E-state index contributed by atoms with van der Waals surface area (Å²) in [5.74, 6) is 0.776. The molecule has 0 saturated heterocycles. The Morgan fingerprint density at radius 2 is 2.35 bits per heavy atom. The smallest absolute Gasteiger partial charge is 0.205 e. The molecule has 8 heteroatoms. The predicted octanol–water partition coefficient (Wildman–Crippen LogP) is 1.78. The zero-order valence-corrected chi connectivity index (χ0v) is 11.4. The second-order valence-corrected chi connectivity index (χ2v) is 5.39. The van der Waals surface area contributed by atoms with E-state index in [4.69, 9.17) is 0 Å². The molecule has 0 bridgehead atoms. The molecule has 0 aliphatic rings. The summed E-state index contributed by atoms with van der Waals surface area (Å²) in [4.78, 5) is 4.14. The molecule has 0 saturated carbocycles. The van der Waals surface area contributed by atoms with Gasteiger partial charge in [-0.25, -0.2) is 9.67 Å². The van der Waals surface area contributed by atoms with Crippen LogP contribution in [0.5, 0.6) is 0 Å². The van der Waals surface area contributed by atoms with Crippen molar-refractivity contribution in [2.75, 3.05) is 11.9 Å². The minimum Gasteiger partial charge on any atom is -0.360 e. The van der Waals surface area contributed by atoms with Crippen molar-refractivity contribution in [1.29, 1.82) is 0 Å². The van der Waals surface area contributed by atoms with Crippen molar-refractivity contribution in [2.24, 2.45) is 7.05 Å². The van der Waals surface area contributed by atoms with Crippen LogP contribution in [0.15, 0.2) is 11.5 Å². The van der Waals surface area contributed by atoms with Gasteiger partial charge in [-0.15, -0.1) is 10.2 Å². The maximum atomic E-state index is 4.14. The molecule has 2 aromatic rings. The molecule has 2 aromatic heterocycles. The highest BCUT2D eigenvalue weighted by Crippen LogP contribution is 2.23. The molecule has 6 nitrogen and oxygen atoms in total. The van der Waals surface area contributed by atoms with Gasteiger partial charge in [-0.05, 0) is 6.42 Å². The molecule has 2 heterocycles. The first-order valence-corrected chi connectivity index (χ1v) is 7.13. The number of aryl methyl sites for hydroxylation is 1. The zero-order chi connectivity index (χ0) is 12.1. The molecule has 0 amide bonds. The number of anilines is 1. The highest BCUT2D eigenvalue weighted by molar-refractivity contribution is 7.98. The van der Waals surface area contributed by atoms with Crippen molar-refractivity contribution in [3.63, 3.8) is 0 Å². The fourth-order valence-corrected chi connectivity index (χ4v) is 2.80. The van der Waals surface area contributed by atoms with Crippen molar-refractivity contribution in [3.8, 4) is 0 Å². The monoisotopic (exact) mass is 270 g/mol. The Kier molecular flexibility index (Phi) is 4.32. The summed E-state index contributed by atoms with van der Waals surface area (Å²) in [6, 6.07) is 0. The molecular weight excluding hydrogens is 256 g/mol. The topological polar surface area (TPSA) is 68.5 Å². The van der Waals surface area contributed by atoms with Gasteiger partial charge >= 0.3 is 0 Å². The van der Waals surface area contributed by atoms with Crippen molar-refractivity contribution in [1.82, 2.24) is 25.0 Å². The largest absolute Gasteiger partial charge is 0.360 e. The van der Waals surface area contributed by atoms with Gasteiger partial charge in [0.25, 0.3) is 0 Å². The lowest BCUT2D eigenvalue weighted by Crippen LogP contribution is -1.98. The van der Waals surface area contributed by atoms with Crippen LogP contribution in [0.4, 0.5) is 5.13 Å². The fraction of sp³-hybridized carbons (Fsp3) is 0.556.